The van der Waals surface area contributed by atoms with Gasteiger partial charge in [-0.1, -0.05) is 0 Å². The van der Waals surface area contributed by atoms with E-state index in [-0.39, 0.29) is 19.2 Å². The van der Waals surface area contributed by atoms with Crippen LogP contribution in [0.3, 0.4) is 0 Å². The maximum absolute atomic E-state index is 12.6. The smallest absolute Gasteiger partial charge is 0.339 e. The van der Waals surface area contributed by atoms with E-state index in [9.17, 15) is 9.90 Å². The second kappa shape index (κ2) is 9.10. The van der Waals surface area contributed by atoms with Gasteiger partial charge in [0.1, 0.15) is 11.7 Å². The Morgan fingerprint density at radius 1 is 1.23 bits per heavy atom. The molecule has 0 aliphatic heterocycles. The van der Waals surface area contributed by atoms with Crippen LogP contribution < -0.4 is 0 Å². The van der Waals surface area contributed by atoms with Crippen molar-refractivity contribution in [3.05, 3.63) is 33.5 Å². The number of hydrogen-bond donors (Lipinski definition) is 2. The highest BCUT2D eigenvalue weighted by molar-refractivity contribution is 7.22. The molecule has 1 atom stereocenters. The molecule has 0 fully saturated rings. The van der Waals surface area contributed by atoms with Crippen LogP contribution in [0.25, 0.3) is 9.75 Å². The summed E-state index contributed by atoms with van der Waals surface area (Å²) in [5.74, 6) is -0.335. The van der Waals surface area contributed by atoms with E-state index in [4.69, 9.17) is 14.6 Å². The standard InChI is InChI=1S/C19H26O5S2/c1-12-5-6-16(25-12)17-9-15(13(2)26-17)18(22)24-19(3,4)7-8-23-11-14(21)10-20/h5-6,9,14,20-21H,7-8,10-11H2,1-4H3. The van der Waals surface area contributed by atoms with Crippen molar-refractivity contribution >= 4 is 28.6 Å². The molecule has 2 aromatic heterocycles. The van der Waals surface area contributed by atoms with Crippen molar-refractivity contribution < 1.29 is 24.5 Å². The van der Waals surface area contributed by atoms with E-state index in [1.807, 2.05) is 26.8 Å². The molecule has 0 bridgehead atoms. The third-order valence-corrected chi connectivity index (χ3v) is 6.11. The zero-order valence-electron chi connectivity index (χ0n) is 15.6. The van der Waals surface area contributed by atoms with Crippen LogP contribution in [0.5, 0.6) is 0 Å². The minimum Gasteiger partial charge on any atom is -0.456 e. The van der Waals surface area contributed by atoms with E-state index in [0.29, 0.717) is 18.6 Å². The van der Waals surface area contributed by atoms with Gasteiger partial charge in [0.05, 0.1) is 25.4 Å². The molecule has 0 aliphatic carbocycles. The summed E-state index contributed by atoms with van der Waals surface area (Å²) in [6, 6.07) is 6.05. The van der Waals surface area contributed by atoms with Crippen LogP contribution in [0, 0.1) is 13.8 Å². The Morgan fingerprint density at radius 3 is 2.58 bits per heavy atom. The van der Waals surface area contributed by atoms with Gasteiger partial charge in [-0.2, -0.15) is 0 Å². The molecular formula is C19H26O5S2. The highest BCUT2D eigenvalue weighted by atomic mass is 32.1. The summed E-state index contributed by atoms with van der Waals surface area (Å²) in [4.78, 5) is 17.0. The summed E-state index contributed by atoms with van der Waals surface area (Å²) in [6.45, 7) is 7.73. The third kappa shape index (κ3) is 5.89. The molecule has 0 saturated carbocycles. The Hall–Kier alpha value is -1.25. The van der Waals surface area contributed by atoms with Gasteiger partial charge in [0.2, 0.25) is 0 Å². The molecule has 2 N–H and O–H groups in total. The molecule has 0 spiro atoms. The highest BCUT2D eigenvalue weighted by Crippen LogP contribution is 2.36. The molecule has 0 radical (unpaired) electrons. The van der Waals surface area contributed by atoms with E-state index in [1.54, 1.807) is 22.7 Å². The third-order valence-electron chi connectivity index (χ3n) is 3.86. The lowest BCUT2D eigenvalue weighted by Gasteiger charge is -2.25. The highest BCUT2D eigenvalue weighted by Gasteiger charge is 2.26. The number of carbonyl (C=O) groups is 1. The minimum atomic E-state index is -0.881. The molecule has 0 amide bonds. The zero-order chi connectivity index (χ0) is 19.3. The van der Waals surface area contributed by atoms with Crippen molar-refractivity contribution in [1.29, 1.82) is 0 Å². The number of aliphatic hydroxyl groups is 2. The first-order valence-corrected chi connectivity index (χ1v) is 10.1. The Kier molecular flexibility index (Phi) is 7.37. The van der Waals surface area contributed by atoms with Crippen molar-refractivity contribution in [1.82, 2.24) is 0 Å². The number of carbonyl (C=O) groups excluding carboxylic acids is 1. The average Bonchev–Trinajstić information content (AvgIpc) is 3.16. The molecule has 7 heteroatoms. The maximum Gasteiger partial charge on any atom is 0.339 e. The maximum atomic E-state index is 12.6. The number of aryl methyl sites for hydroxylation is 2. The number of aliphatic hydroxyl groups excluding tert-OH is 2. The van der Waals surface area contributed by atoms with Gasteiger partial charge in [0.25, 0.3) is 0 Å². The van der Waals surface area contributed by atoms with Crippen molar-refractivity contribution in [3.63, 3.8) is 0 Å². The van der Waals surface area contributed by atoms with Crippen LogP contribution in [-0.4, -0.2) is 47.7 Å². The fraction of sp³-hybridized carbons (Fsp3) is 0.526. The van der Waals surface area contributed by atoms with E-state index in [0.717, 1.165) is 14.6 Å². The van der Waals surface area contributed by atoms with E-state index >= 15 is 0 Å². The van der Waals surface area contributed by atoms with Gasteiger partial charge in [0.15, 0.2) is 0 Å². The zero-order valence-corrected chi connectivity index (χ0v) is 17.2. The first kappa shape index (κ1) is 21.1. The lowest BCUT2D eigenvalue weighted by molar-refractivity contribution is -0.0330. The van der Waals surface area contributed by atoms with Crippen molar-refractivity contribution in [2.24, 2.45) is 0 Å². The second-order valence-electron chi connectivity index (χ2n) is 6.80. The van der Waals surface area contributed by atoms with Gasteiger partial charge in [0, 0.05) is 25.9 Å². The van der Waals surface area contributed by atoms with Crippen LogP contribution in [0.1, 0.15) is 40.4 Å². The van der Waals surface area contributed by atoms with Gasteiger partial charge < -0.3 is 19.7 Å². The number of thiophene rings is 2. The Morgan fingerprint density at radius 2 is 1.96 bits per heavy atom. The van der Waals surface area contributed by atoms with Crippen LogP contribution >= 0.6 is 22.7 Å². The SMILES string of the molecule is Cc1ccc(-c2cc(C(=O)OC(C)(C)CCOCC(O)CO)c(C)s2)s1. The number of ether oxygens (including phenoxy) is 2. The first-order chi connectivity index (χ1) is 12.2. The normalized spacial score (nSPS) is 13.0. The average molecular weight is 399 g/mol. The monoisotopic (exact) mass is 398 g/mol. The van der Waals surface area contributed by atoms with E-state index < -0.39 is 11.7 Å². The summed E-state index contributed by atoms with van der Waals surface area (Å²) in [7, 11) is 0. The first-order valence-electron chi connectivity index (χ1n) is 8.49. The molecule has 2 heterocycles. The Labute approximate surface area is 162 Å². The summed E-state index contributed by atoms with van der Waals surface area (Å²) in [6.07, 6.45) is -0.384. The predicted molar refractivity (Wildman–Crippen MR) is 105 cm³/mol. The number of esters is 1. The lowest BCUT2D eigenvalue weighted by Crippen LogP contribution is -2.30. The van der Waals surface area contributed by atoms with Gasteiger partial charge >= 0.3 is 5.97 Å². The summed E-state index contributed by atoms with van der Waals surface area (Å²) < 4.78 is 11.0. The Bertz CT molecular complexity index is 732. The molecule has 0 saturated heterocycles. The molecule has 0 aromatic carbocycles. The van der Waals surface area contributed by atoms with Crippen LogP contribution in [0.15, 0.2) is 18.2 Å². The van der Waals surface area contributed by atoms with Crippen LogP contribution in [-0.2, 0) is 9.47 Å². The fourth-order valence-electron chi connectivity index (χ4n) is 2.32. The topological polar surface area (TPSA) is 76.0 Å². The molecule has 1 unspecified atom stereocenters. The van der Waals surface area contributed by atoms with Crippen molar-refractivity contribution in [3.8, 4) is 9.75 Å². The molecule has 26 heavy (non-hydrogen) atoms. The fourth-order valence-corrected chi connectivity index (χ4v) is 4.28. The molecule has 0 aliphatic rings. The van der Waals surface area contributed by atoms with E-state index in [2.05, 4.69) is 19.1 Å². The van der Waals surface area contributed by atoms with Gasteiger partial charge in [-0.15, -0.1) is 22.7 Å². The summed E-state index contributed by atoms with van der Waals surface area (Å²) in [5, 5.41) is 18.0. The molecule has 144 valence electrons. The molecule has 2 rings (SSSR count). The summed E-state index contributed by atoms with van der Waals surface area (Å²) in [5.41, 5.74) is -0.0873. The second-order valence-corrected chi connectivity index (χ2v) is 9.35. The van der Waals surface area contributed by atoms with Crippen LogP contribution in [0.4, 0.5) is 0 Å². The number of rotatable bonds is 9. The van der Waals surface area contributed by atoms with Crippen LogP contribution in [0.2, 0.25) is 0 Å². The largest absolute Gasteiger partial charge is 0.456 e. The predicted octanol–water partition coefficient (Wildman–Crippen LogP) is 3.79. The molecule has 5 nitrogen and oxygen atoms in total. The quantitative estimate of drug-likeness (QED) is 0.496. The minimum absolute atomic E-state index is 0.0632. The van der Waals surface area contributed by atoms with Gasteiger partial charge in [-0.3, -0.25) is 0 Å². The van der Waals surface area contributed by atoms with Crippen molar-refractivity contribution in [2.45, 2.75) is 45.8 Å². The van der Waals surface area contributed by atoms with E-state index in [1.165, 1.54) is 4.88 Å². The summed E-state index contributed by atoms with van der Waals surface area (Å²) >= 11 is 3.30. The Balaban J connectivity index is 1.95. The molecular weight excluding hydrogens is 372 g/mol. The lowest BCUT2D eigenvalue weighted by atomic mass is 10.1. The van der Waals surface area contributed by atoms with Gasteiger partial charge in [-0.25, -0.2) is 4.79 Å². The van der Waals surface area contributed by atoms with Crippen molar-refractivity contribution in [2.75, 3.05) is 19.8 Å². The van der Waals surface area contributed by atoms with Gasteiger partial charge in [-0.05, 0) is 45.9 Å². The number of hydrogen-bond acceptors (Lipinski definition) is 7. The molecule has 2 aromatic rings.